The molecule has 1 aromatic heterocycles. The van der Waals surface area contributed by atoms with E-state index in [1.54, 1.807) is 6.92 Å². The molecular formula is C6H9ClN4OS. The molecule has 0 saturated heterocycles. The molecule has 0 radical (unpaired) electrons. The van der Waals surface area contributed by atoms with Crippen LogP contribution in [0.25, 0.3) is 0 Å². The van der Waals surface area contributed by atoms with Gasteiger partial charge in [-0.05, 0) is 6.92 Å². The lowest BCUT2D eigenvalue weighted by Gasteiger charge is -2.01. The van der Waals surface area contributed by atoms with Crippen LogP contribution in [0.3, 0.4) is 0 Å². The van der Waals surface area contributed by atoms with E-state index in [9.17, 15) is 4.79 Å². The Morgan fingerprint density at radius 1 is 1.69 bits per heavy atom. The summed E-state index contributed by atoms with van der Waals surface area (Å²) in [6.45, 7) is 2.20. The Balaban J connectivity index is 2.36. The summed E-state index contributed by atoms with van der Waals surface area (Å²) >= 11 is 6.53. The van der Waals surface area contributed by atoms with E-state index in [4.69, 9.17) is 11.6 Å². The number of aromatic nitrogens is 2. The SMILES string of the molecule is Cc1nsc(NC(=O)NCCCl)n1. The summed E-state index contributed by atoms with van der Waals surface area (Å²) in [5.41, 5.74) is 0. The molecule has 2 amide bonds. The molecule has 1 rings (SSSR count). The molecular weight excluding hydrogens is 212 g/mol. The number of rotatable bonds is 3. The number of hydrogen-bond acceptors (Lipinski definition) is 4. The maximum Gasteiger partial charge on any atom is 0.321 e. The van der Waals surface area contributed by atoms with Crippen LogP contribution in [0.1, 0.15) is 5.82 Å². The van der Waals surface area contributed by atoms with Gasteiger partial charge in [0.15, 0.2) is 0 Å². The van der Waals surface area contributed by atoms with E-state index in [2.05, 4.69) is 20.0 Å². The molecule has 0 aliphatic carbocycles. The van der Waals surface area contributed by atoms with Gasteiger partial charge in [0.05, 0.1) is 0 Å². The predicted octanol–water partition coefficient (Wildman–Crippen LogP) is 1.21. The highest BCUT2D eigenvalue weighted by molar-refractivity contribution is 7.09. The molecule has 5 nitrogen and oxygen atoms in total. The second-order valence-electron chi connectivity index (χ2n) is 2.22. The number of alkyl halides is 1. The summed E-state index contributed by atoms with van der Waals surface area (Å²) in [6, 6.07) is -0.309. The fraction of sp³-hybridized carbons (Fsp3) is 0.500. The molecule has 2 N–H and O–H groups in total. The Labute approximate surface area is 84.7 Å². The van der Waals surface area contributed by atoms with Gasteiger partial charge in [0.25, 0.3) is 0 Å². The van der Waals surface area contributed by atoms with Crippen LogP contribution >= 0.6 is 23.1 Å². The number of carbonyl (C=O) groups is 1. The first-order chi connectivity index (χ1) is 6.22. The topological polar surface area (TPSA) is 66.9 Å². The maximum atomic E-state index is 11.0. The summed E-state index contributed by atoms with van der Waals surface area (Å²) in [4.78, 5) is 15.0. The predicted molar refractivity (Wildman–Crippen MR) is 52.4 cm³/mol. The Morgan fingerprint density at radius 2 is 2.46 bits per heavy atom. The van der Waals surface area contributed by atoms with Gasteiger partial charge in [-0.2, -0.15) is 4.37 Å². The molecule has 0 unspecified atom stereocenters. The Kier molecular flexibility index (Phi) is 3.91. The van der Waals surface area contributed by atoms with Crippen molar-refractivity contribution in [2.75, 3.05) is 17.7 Å². The molecule has 0 saturated carbocycles. The molecule has 1 aromatic rings. The quantitative estimate of drug-likeness (QED) is 0.753. The van der Waals surface area contributed by atoms with E-state index < -0.39 is 0 Å². The minimum Gasteiger partial charge on any atom is -0.337 e. The number of carbonyl (C=O) groups excluding carboxylic acids is 1. The van der Waals surface area contributed by atoms with Crippen molar-refractivity contribution in [3.8, 4) is 0 Å². The van der Waals surface area contributed by atoms with Crippen LogP contribution in [-0.2, 0) is 0 Å². The minimum absolute atomic E-state index is 0.309. The third-order valence-corrected chi connectivity index (χ3v) is 2.04. The second-order valence-corrected chi connectivity index (χ2v) is 3.35. The normalized spacial score (nSPS) is 9.69. The fourth-order valence-corrected chi connectivity index (χ4v) is 1.32. The van der Waals surface area contributed by atoms with Crippen molar-refractivity contribution in [3.63, 3.8) is 0 Å². The molecule has 0 bridgehead atoms. The summed E-state index contributed by atoms with van der Waals surface area (Å²) in [6.07, 6.45) is 0. The number of halogens is 1. The van der Waals surface area contributed by atoms with Crippen LogP contribution in [-0.4, -0.2) is 27.8 Å². The molecule has 0 atom stereocenters. The summed E-state index contributed by atoms with van der Waals surface area (Å²) < 4.78 is 3.91. The summed E-state index contributed by atoms with van der Waals surface area (Å²) in [5.74, 6) is 1.04. The molecule has 0 aliphatic rings. The van der Waals surface area contributed by atoms with E-state index in [1.165, 1.54) is 0 Å². The van der Waals surface area contributed by atoms with Crippen LogP contribution in [0.4, 0.5) is 9.93 Å². The molecule has 7 heteroatoms. The second kappa shape index (κ2) is 4.98. The number of anilines is 1. The van der Waals surface area contributed by atoms with Crippen LogP contribution in [0.5, 0.6) is 0 Å². The van der Waals surface area contributed by atoms with Crippen LogP contribution in [0.15, 0.2) is 0 Å². The van der Waals surface area contributed by atoms with Crippen LogP contribution < -0.4 is 10.6 Å². The lowest BCUT2D eigenvalue weighted by molar-refractivity contribution is 0.252. The highest BCUT2D eigenvalue weighted by atomic mass is 35.5. The van der Waals surface area contributed by atoms with E-state index in [0.717, 1.165) is 11.5 Å². The van der Waals surface area contributed by atoms with Crippen molar-refractivity contribution in [3.05, 3.63) is 5.82 Å². The molecule has 0 aliphatic heterocycles. The molecule has 0 spiro atoms. The molecule has 0 fully saturated rings. The van der Waals surface area contributed by atoms with Gasteiger partial charge in [-0.3, -0.25) is 5.32 Å². The van der Waals surface area contributed by atoms with Crippen LogP contribution in [0.2, 0.25) is 0 Å². The van der Waals surface area contributed by atoms with E-state index in [0.29, 0.717) is 23.4 Å². The largest absolute Gasteiger partial charge is 0.337 e. The van der Waals surface area contributed by atoms with Gasteiger partial charge in [0.2, 0.25) is 5.13 Å². The molecule has 1 heterocycles. The third kappa shape index (κ3) is 3.56. The zero-order chi connectivity index (χ0) is 9.68. The number of urea groups is 1. The molecule has 0 aromatic carbocycles. The van der Waals surface area contributed by atoms with E-state index in [1.807, 2.05) is 0 Å². The highest BCUT2D eigenvalue weighted by Gasteiger charge is 2.03. The number of aryl methyl sites for hydroxylation is 1. The Morgan fingerprint density at radius 3 is 3.00 bits per heavy atom. The first-order valence-corrected chi connectivity index (χ1v) is 4.94. The fourth-order valence-electron chi connectivity index (χ4n) is 0.650. The Bertz CT molecular complexity index is 290. The standard InChI is InChI=1S/C6H9ClN4OS/c1-4-9-6(13-11-4)10-5(12)8-3-2-7/h2-3H2,1H3,(H2,8,9,10,11,12). The smallest absolute Gasteiger partial charge is 0.321 e. The van der Waals surface area contributed by atoms with Gasteiger partial charge in [0, 0.05) is 24.0 Å². The van der Waals surface area contributed by atoms with Crippen molar-refractivity contribution >= 4 is 34.3 Å². The minimum atomic E-state index is -0.309. The average molecular weight is 221 g/mol. The average Bonchev–Trinajstić information content (AvgIpc) is 2.48. The monoisotopic (exact) mass is 220 g/mol. The van der Waals surface area contributed by atoms with E-state index >= 15 is 0 Å². The van der Waals surface area contributed by atoms with Crippen molar-refractivity contribution in [2.45, 2.75) is 6.92 Å². The van der Waals surface area contributed by atoms with Gasteiger partial charge in [-0.1, -0.05) is 0 Å². The van der Waals surface area contributed by atoms with Crippen molar-refractivity contribution < 1.29 is 4.79 Å². The highest BCUT2D eigenvalue weighted by Crippen LogP contribution is 2.09. The van der Waals surface area contributed by atoms with Gasteiger partial charge in [-0.15, -0.1) is 11.6 Å². The number of hydrogen-bond donors (Lipinski definition) is 2. The molecule has 72 valence electrons. The third-order valence-electron chi connectivity index (χ3n) is 1.13. The summed E-state index contributed by atoms with van der Waals surface area (Å²) in [5, 5.41) is 5.57. The zero-order valence-electron chi connectivity index (χ0n) is 7.00. The van der Waals surface area contributed by atoms with Crippen LogP contribution in [0, 0.1) is 6.92 Å². The molecule has 13 heavy (non-hydrogen) atoms. The zero-order valence-corrected chi connectivity index (χ0v) is 8.58. The number of amides is 2. The Hall–Kier alpha value is -0.880. The first kappa shape index (κ1) is 10.2. The first-order valence-electron chi connectivity index (χ1n) is 3.63. The summed E-state index contributed by atoms with van der Waals surface area (Å²) in [7, 11) is 0. The lowest BCUT2D eigenvalue weighted by Crippen LogP contribution is -2.30. The van der Waals surface area contributed by atoms with Gasteiger partial charge >= 0.3 is 6.03 Å². The number of nitrogens with one attached hydrogen (secondary N) is 2. The van der Waals surface area contributed by atoms with Crippen molar-refractivity contribution in [1.29, 1.82) is 0 Å². The van der Waals surface area contributed by atoms with Gasteiger partial charge in [-0.25, -0.2) is 9.78 Å². The number of nitrogens with zero attached hydrogens (tertiary/aromatic N) is 2. The van der Waals surface area contributed by atoms with Gasteiger partial charge in [0.1, 0.15) is 5.82 Å². The van der Waals surface area contributed by atoms with Crippen molar-refractivity contribution in [2.24, 2.45) is 0 Å². The lowest BCUT2D eigenvalue weighted by atomic mass is 10.7. The van der Waals surface area contributed by atoms with Gasteiger partial charge < -0.3 is 5.32 Å². The van der Waals surface area contributed by atoms with E-state index in [-0.39, 0.29) is 6.03 Å². The van der Waals surface area contributed by atoms with Crippen molar-refractivity contribution in [1.82, 2.24) is 14.7 Å². The maximum absolute atomic E-state index is 11.0.